The van der Waals surface area contributed by atoms with Crippen LogP contribution in [0.5, 0.6) is 0 Å². The molecule has 0 spiro atoms. The Morgan fingerprint density at radius 2 is 1.84 bits per heavy atom. The number of ketones is 1. The van der Waals surface area contributed by atoms with Gasteiger partial charge in [-0.05, 0) is 46.3 Å². The predicted molar refractivity (Wildman–Crippen MR) is 122 cm³/mol. The van der Waals surface area contributed by atoms with E-state index in [0.29, 0.717) is 31.5 Å². The average molecular weight is 515 g/mol. The first kappa shape index (κ1) is 24.3. The molecule has 0 saturated carbocycles. The second-order valence-electron chi connectivity index (χ2n) is 6.55. The van der Waals surface area contributed by atoms with Crippen LogP contribution in [-0.4, -0.2) is 38.1 Å². The van der Waals surface area contributed by atoms with Gasteiger partial charge in [0, 0.05) is 5.02 Å². The second kappa shape index (κ2) is 11.5. The molecule has 1 N–H and O–H groups in total. The summed E-state index contributed by atoms with van der Waals surface area (Å²) in [6.45, 7) is 1.73. The Kier molecular flexibility index (Phi) is 8.75. The van der Waals surface area contributed by atoms with E-state index in [9.17, 15) is 9.59 Å². The van der Waals surface area contributed by atoms with Crippen molar-refractivity contribution >= 4 is 58.4 Å². The smallest absolute Gasteiger partial charge is 0.408 e. The Bertz CT molecular complexity index is 1070. The topological polar surface area (TPSA) is 99.0 Å². The molecule has 3 rings (SSSR count). The summed E-state index contributed by atoms with van der Waals surface area (Å²) in [5.41, 5.74) is 0.844. The molecule has 0 radical (unpaired) electrons. The minimum Gasteiger partial charge on any atom is -0.445 e. The fourth-order valence-corrected chi connectivity index (χ4v) is 4.49. The minimum absolute atomic E-state index is 0.105. The Balaban J connectivity index is 1.61. The molecule has 2 aromatic carbocycles. The van der Waals surface area contributed by atoms with Crippen LogP contribution in [0.25, 0.3) is 0 Å². The van der Waals surface area contributed by atoms with Gasteiger partial charge < -0.3 is 10.1 Å². The second-order valence-corrected chi connectivity index (χ2v) is 8.78. The summed E-state index contributed by atoms with van der Waals surface area (Å²) in [6, 6.07) is 11.6. The van der Waals surface area contributed by atoms with Gasteiger partial charge in [0.1, 0.15) is 13.2 Å². The van der Waals surface area contributed by atoms with E-state index in [1.54, 1.807) is 19.1 Å². The number of rotatable bonds is 9. The summed E-state index contributed by atoms with van der Waals surface area (Å²) >= 11 is 19.5. The van der Waals surface area contributed by atoms with Crippen molar-refractivity contribution in [2.24, 2.45) is 0 Å². The Labute approximate surface area is 203 Å². The fourth-order valence-electron chi connectivity index (χ4n) is 2.66. The highest BCUT2D eigenvalue weighted by Gasteiger charge is 2.23. The average Bonchev–Trinajstić information content (AvgIpc) is 3.20. The Hall–Kier alpha value is -2.33. The van der Waals surface area contributed by atoms with Gasteiger partial charge in [-0.1, -0.05) is 72.1 Å². The highest BCUT2D eigenvalue weighted by atomic mass is 35.5. The molecule has 1 unspecified atom stereocenters. The van der Waals surface area contributed by atoms with Crippen LogP contribution < -0.4 is 5.32 Å². The molecule has 3 aromatic rings. The molecule has 0 aliphatic rings. The largest absolute Gasteiger partial charge is 0.445 e. The van der Waals surface area contributed by atoms with Crippen molar-refractivity contribution in [2.45, 2.75) is 42.6 Å². The molecule has 12 heteroatoms. The third kappa shape index (κ3) is 6.59. The lowest BCUT2D eigenvalue weighted by Crippen LogP contribution is -2.42. The molecular weight excluding hydrogens is 497 g/mol. The normalized spacial score (nSPS) is 11.8. The zero-order valence-corrected chi connectivity index (χ0v) is 19.9. The third-order valence-corrected chi connectivity index (χ3v) is 6.42. The van der Waals surface area contributed by atoms with Gasteiger partial charge in [-0.2, -0.15) is 0 Å². The number of carbonyl (C=O) groups is 2. The van der Waals surface area contributed by atoms with Gasteiger partial charge in [0.05, 0.1) is 21.0 Å². The van der Waals surface area contributed by atoms with Crippen LogP contribution in [0.1, 0.15) is 18.9 Å². The number of aromatic nitrogens is 4. The van der Waals surface area contributed by atoms with E-state index in [1.165, 1.54) is 4.68 Å². The number of benzene rings is 2. The number of alkyl carbamates (subject to hydrolysis) is 1. The van der Waals surface area contributed by atoms with Crippen LogP contribution in [0.15, 0.2) is 52.5 Å². The molecular formula is C20H18Cl3N5O3S. The van der Waals surface area contributed by atoms with E-state index < -0.39 is 12.1 Å². The first-order valence-electron chi connectivity index (χ1n) is 9.45. The van der Waals surface area contributed by atoms with Crippen molar-refractivity contribution < 1.29 is 14.3 Å². The van der Waals surface area contributed by atoms with Gasteiger partial charge in [-0.15, -0.1) is 5.10 Å². The molecule has 1 heterocycles. The summed E-state index contributed by atoms with van der Waals surface area (Å²) < 4.78 is 6.50. The summed E-state index contributed by atoms with van der Waals surface area (Å²) in [6.07, 6.45) is -0.307. The molecule has 0 saturated heterocycles. The van der Waals surface area contributed by atoms with Crippen LogP contribution in [0, 0.1) is 0 Å². The molecule has 1 atom stereocenters. The molecule has 0 aliphatic heterocycles. The quantitative estimate of drug-likeness (QED) is 0.426. The number of Topliss-reactive ketones (excluding diaryl/α,β-unsaturated/α-hetero) is 1. The number of nitrogens with one attached hydrogen (secondary N) is 1. The highest BCUT2D eigenvalue weighted by molar-refractivity contribution is 7.99. The number of nitrogens with zero attached hydrogens (tertiary/aromatic N) is 4. The van der Waals surface area contributed by atoms with Crippen molar-refractivity contribution in [3.63, 3.8) is 0 Å². The van der Waals surface area contributed by atoms with Crippen molar-refractivity contribution in [3.8, 4) is 0 Å². The van der Waals surface area contributed by atoms with Gasteiger partial charge in [0.15, 0.2) is 5.78 Å². The number of hydrogen-bond donors (Lipinski definition) is 1. The summed E-state index contributed by atoms with van der Waals surface area (Å²) in [5.74, 6) is -0.286. The van der Waals surface area contributed by atoms with Crippen molar-refractivity contribution in [1.29, 1.82) is 0 Å². The zero-order valence-electron chi connectivity index (χ0n) is 16.8. The lowest BCUT2D eigenvalue weighted by Gasteiger charge is -2.16. The van der Waals surface area contributed by atoms with E-state index in [0.717, 1.165) is 17.3 Å². The predicted octanol–water partition coefficient (Wildman–Crippen LogP) is 5.06. The van der Waals surface area contributed by atoms with Gasteiger partial charge in [-0.25, -0.2) is 9.48 Å². The summed E-state index contributed by atoms with van der Waals surface area (Å²) in [5, 5.41) is 15.4. The van der Waals surface area contributed by atoms with E-state index >= 15 is 0 Å². The number of tetrazole rings is 1. The van der Waals surface area contributed by atoms with E-state index in [-0.39, 0.29) is 18.9 Å². The van der Waals surface area contributed by atoms with Gasteiger partial charge >= 0.3 is 6.09 Å². The summed E-state index contributed by atoms with van der Waals surface area (Å²) in [4.78, 5) is 25.4. The van der Waals surface area contributed by atoms with Gasteiger partial charge in [0.2, 0.25) is 5.16 Å². The molecule has 8 nitrogen and oxygen atoms in total. The van der Waals surface area contributed by atoms with Crippen LogP contribution in [0.4, 0.5) is 4.79 Å². The Morgan fingerprint density at radius 3 is 2.50 bits per heavy atom. The Morgan fingerprint density at radius 1 is 1.16 bits per heavy atom. The monoisotopic (exact) mass is 513 g/mol. The maximum absolute atomic E-state index is 12.8. The lowest BCUT2D eigenvalue weighted by molar-refractivity contribution is -0.122. The molecule has 0 aliphatic carbocycles. The number of carbonyl (C=O) groups excluding carboxylic acids is 2. The third-order valence-electron chi connectivity index (χ3n) is 4.26. The van der Waals surface area contributed by atoms with E-state index in [4.69, 9.17) is 39.5 Å². The standard InChI is InChI=1S/C20H18Cl3N5O3S/c1-2-16(24-20(30)31-11-12-6-4-3-5-7-12)17(29)10-28-19(25-26-27-28)32-18-14(22)8-13(21)9-15(18)23/h3-9,16H,2,10-11H2,1H3,(H,24,30). The number of halogens is 3. The van der Waals surface area contributed by atoms with Crippen LogP contribution in [0.3, 0.4) is 0 Å². The molecule has 1 aromatic heterocycles. The van der Waals surface area contributed by atoms with Gasteiger partial charge in [0.25, 0.3) is 0 Å². The van der Waals surface area contributed by atoms with Crippen LogP contribution >= 0.6 is 46.6 Å². The van der Waals surface area contributed by atoms with Crippen molar-refractivity contribution in [2.75, 3.05) is 0 Å². The SMILES string of the molecule is CCC(NC(=O)OCc1ccccc1)C(=O)Cn1nnnc1Sc1c(Cl)cc(Cl)cc1Cl. The lowest BCUT2D eigenvalue weighted by atomic mass is 10.1. The van der Waals surface area contributed by atoms with E-state index in [2.05, 4.69) is 20.8 Å². The molecule has 1 amide bonds. The van der Waals surface area contributed by atoms with E-state index in [1.807, 2.05) is 30.3 Å². The zero-order chi connectivity index (χ0) is 23.1. The van der Waals surface area contributed by atoms with Crippen LogP contribution in [0.2, 0.25) is 15.1 Å². The number of ether oxygens (including phenoxy) is 1. The first-order valence-corrected chi connectivity index (χ1v) is 11.4. The highest BCUT2D eigenvalue weighted by Crippen LogP contribution is 2.39. The fraction of sp³-hybridized carbons (Fsp3) is 0.250. The molecule has 32 heavy (non-hydrogen) atoms. The van der Waals surface area contributed by atoms with Crippen molar-refractivity contribution in [3.05, 3.63) is 63.1 Å². The number of hydrogen-bond acceptors (Lipinski definition) is 7. The molecule has 168 valence electrons. The van der Waals surface area contributed by atoms with Crippen LogP contribution in [-0.2, 0) is 22.7 Å². The van der Waals surface area contributed by atoms with Crippen molar-refractivity contribution in [1.82, 2.24) is 25.5 Å². The minimum atomic E-state index is -0.761. The maximum atomic E-state index is 12.8. The van der Waals surface area contributed by atoms with Gasteiger partial charge in [-0.3, -0.25) is 4.79 Å². The summed E-state index contributed by atoms with van der Waals surface area (Å²) in [7, 11) is 0. The molecule has 0 fully saturated rings. The molecule has 0 bridgehead atoms. The number of amides is 1. The maximum Gasteiger partial charge on any atom is 0.408 e. The first-order chi connectivity index (χ1) is 15.4.